The zero-order chi connectivity index (χ0) is 18.0. The van der Waals surface area contributed by atoms with Gasteiger partial charge in [0.25, 0.3) is 5.91 Å². The summed E-state index contributed by atoms with van der Waals surface area (Å²) in [5.74, 6) is -0.0664. The highest BCUT2D eigenvalue weighted by molar-refractivity contribution is 8.00. The first-order valence-electron chi connectivity index (χ1n) is 8.25. The van der Waals surface area contributed by atoms with Crippen LogP contribution in [0.5, 0.6) is 0 Å². The van der Waals surface area contributed by atoms with Crippen molar-refractivity contribution in [2.24, 2.45) is 0 Å². The molecule has 1 amide bonds. The molecule has 1 aliphatic heterocycles. The molecule has 1 aliphatic rings. The summed E-state index contributed by atoms with van der Waals surface area (Å²) in [7, 11) is 0. The van der Waals surface area contributed by atoms with Crippen LogP contribution in [-0.2, 0) is 11.2 Å². The normalized spacial score (nSPS) is 20.5. The molecule has 2 aromatic rings. The summed E-state index contributed by atoms with van der Waals surface area (Å²) in [6.45, 7) is 4.54. The Balaban J connectivity index is 1.97. The predicted molar refractivity (Wildman–Crippen MR) is 96.9 cm³/mol. The summed E-state index contributed by atoms with van der Waals surface area (Å²) in [4.78, 5) is 26.2. The van der Waals surface area contributed by atoms with Gasteiger partial charge in [0.05, 0.1) is 17.9 Å². The Morgan fingerprint density at radius 3 is 2.72 bits per heavy atom. The van der Waals surface area contributed by atoms with E-state index in [1.54, 1.807) is 6.92 Å². The number of carbonyl (C=O) groups excluding carboxylic acids is 1. The highest BCUT2D eigenvalue weighted by Gasteiger charge is 2.36. The van der Waals surface area contributed by atoms with Crippen molar-refractivity contribution in [2.75, 3.05) is 12.3 Å². The predicted octanol–water partition coefficient (Wildman–Crippen LogP) is 3.53. The molecule has 25 heavy (non-hydrogen) atoms. The summed E-state index contributed by atoms with van der Waals surface area (Å²) in [6.07, 6.45) is 1.17. The van der Waals surface area contributed by atoms with Gasteiger partial charge in [-0.15, -0.1) is 0 Å². The molecule has 6 heteroatoms. The number of rotatable bonds is 4. The van der Waals surface area contributed by atoms with Crippen LogP contribution in [0.3, 0.4) is 0 Å². The van der Waals surface area contributed by atoms with Gasteiger partial charge in [0.2, 0.25) is 0 Å². The smallest absolute Gasteiger partial charge is 0.311 e. The van der Waals surface area contributed by atoms with Crippen LogP contribution in [0.1, 0.15) is 40.2 Å². The van der Waals surface area contributed by atoms with Crippen molar-refractivity contribution in [3.63, 3.8) is 0 Å². The van der Waals surface area contributed by atoms with Gasteiger partial charge < -0.3 is 14.4 Å². The van der Waals surface area contributed by atoms with Crippen molar-refractivity contribution in [1.29, 1.82) is 0 Å². The number of thioether (sulfide) groups is 1. The molecular weight excluding hydrogens is 338 g/mol. The molecule has 2 unspecified atom stereocenters. The van der Waals surface area contributed by atoms with Gasteiger partial charge in [0.15, 0.2) is 0 Å². The molecule has 0 spiro atoms. The van der Waals surface area contributed by atoms with Crippen LogP contribution in [0, 0.1) is 6.92 Å². The molecule has 1 saturated heterocycles. The fourth-order valence-corrected chi connectivity index (χ4v) is 4.51. The van der Waals surface area contributed by atoms with E-state index in [4.69, 9.17) is 9.52 Å². The number of carboxylic acid groups (broad SMARTS) is 1. The lowest BCUT2D eigenvalue weighted by Gasteiger charge is -2.40. The summed E-state index contributed by atoms with van der Waals surface area (Å²) >= 11 is 1.85. The second-order valence-electron chi connectivity index (χ2n) is 6.22. The van der Waals surface area contributed by atoms with E-state index in [-0.39, 0.29) is 29.4 Å². The molecule has 0 radical (unpaired) electrons. The van der Waals surface area contributed by atoms with Gasteiger partial charge in [-0.1, -0.05) is 37.3 Å². The van der Waals surface area contributed by atoms with Gasteiger partial charge in [-0.3, -0.25) is 9.59 Å². The first-order valence-corrected chi connectivity index (χ1v) is 9.30. The third-order valence-corrected chi connectivity index (χ3v) is 5.67. The Hall–Kier alpha value is -2.21. The first kappa shape index (κ1) is 17.6. The maximum Gasteiger partial charge on any atom is 0.311 e. The van der Waals surface area contributed by atoms with Crippen LogP contribution in [-0.4, -0.2) is 39.4 Å². The largest absolute Gasteiger partial charge is 0.481 e. The molecule has 0 aliphatic carbocycles. The van der Waals surface area contributed by atoms with E-state index in [1.165, 1.54) is 6.26 Å². The minimum atomic E-state index is -1.01. The maximum absolute atomic E-state index is 13.3. The van der Waals surface area contributed by atoms with Crippen LogP contribution in [0.15, 0.2) is 41.0 Å². The maximum atomic E-state index is 13.3. The van der Waals surface area contributed by atoms with Crippen molar-refractivity contribution in [3.8, 4) is 0 Å². The van der Waals surface area contributed by atoms with Gasteiger partial charge in [-0.05, 0) is 12.5 Å². The molecule has 0 bridgehead atoms. The van der Waals surface area contributed by atoms with E-state index in [2.05, 4.69) is 6.92 Å². The first-order chi connectivity index (χ1) is 12.0. The number of nitrogens with zero attached hydrogens (tertiary/aromatic N) is 1. The number of benzene rings is 1. The van der Waals surface area contributed by atoms with Crippen LogP contribution < -0.4 is 0 Å². The Morgan fingerprint density at radius 1 is 1.32 bits per heavy atom. The third kappa shape index (κ3) is 3.58. The topological polar surface area (TPSA) is 70.7 Å². The Kier molecular flexibility index (Phi) is 5.18. The zero-order valence-electron chi connectivity index (χ0n) is 14.3. The van der Waals surface area contributed by atoms with E-state index < -0.39 is 5.97 Å². The highest BCUT2D eigenvalue weighted by atomic mass is 32.2. The number of hydrogen-bond acceptors (Lipinski definition) is 4. The fraction of sp³-hybridized carbons (Fsp3) is 0.368. The van der Waals surface area contributed by atoms with Crippen molar-refractivity contribution >= 4 is 23.6 Å². The second kappa shape index (κ2) is 7.35. The Labute approximate surface area is 151 Å². The minimum Gasteiger partial charge on any atom is -0.481 e. The molecular formula is C19H21NO4S. The quantitative estimate of drug-likeness (QED) is 0.904. The monoisotopic (exact) mass is 359 g/mol. The molecule has 5 nitrogen and oxygen atoms in total. The minimum absolute atomic E-state index is 0.0422. The van der Waals surface area contributed by atoms with Crippen molar-refractivity contribution in [2.45, 2.75) is 31.6 Å². The van der Waals surface area contributed by atoms with Crippen LogP contribution in [0.2, 0.25) is 0 Å². The number of aliphatic carboxylic acids is 1. The number of carboxylic acids is 1. The van der Waals surface area contributed by atoms with Crippen molar-refractivity contribution in [1.82, 2.24) is 4.90 Å². The number of amides is 1. The summed E-state index contributed by atoms with van der Waals surface area (Å²) in [6, 6.07) is 9.94. The SMILES string of the molecule is Cc1coc(CC(=O)O)c1C(=O)N1CCSC(C)C1c1ccccc1. The van der Waals surface area contributed by atoms with Crippen molar-refractivity contribution in [3.05, 3.63) is 59.0 Å². The Bertz CT molecular complexity index is 771. The second-order valence-corrected chi connectivity index (χ2v) is 7.70. The summed E-state index contributed by atoms with van der Waals surface area (Å²) in [5, 5.41) is 9.34. The van der Waals surface area contributed by atoms with Gasteiger partial charge in [0.1, 0.15) is 12.2 Å². The number of carbonyl (C=O) groups is 2. The van der Waals surface area contributed by atoms with E-state index in [0.717, 1.165) is 11.3 Å². The highest BCUT2D eigenvalue weighted by Crippen LogP contribution is 2.37. The number of hydrogen-bond donors (Lipinski definition) is 1. The molecule has 3 rings (SSSR count). The fourth-order valence-electron chi connectivity index (χ4n) is 3.35. The van der Waals surface area contributed by atoms with E-state index in [0.29, 0.717) is 17.7 Å². The van der Waals surface area contributed by atoms with Crippen molar-refractivity contribution < 1.29 is 19.1 Å². The molecule has 132 valence electrons. The number of furan rings is 1. The number of aryl methyl sites for hydroxylation is 1. The van der Waals surface area contributed by atoms with Gasteiger partial charge >= 0.3 is 5.97 Å². The van der Waals surface area contributed by atoms with Gasteiger partial charge in [0, 0.05) is 23.1 Å². The standard InChI is InChI=1S/C19H21NO4S/c1-12-11-24-15(10-16(21)22)17(12)19(23)20-8-9-25-13(2)18(20)14-6-4-3-5-7-14/h3-7,11,13,18H,8-10H2,1-2H3,(H,21,22). The molecule has 1 N–H and O–H groups in total. The third-order valence-electron chi connectivity index (χ3n) is 4.47. The van der Waals surface area contributed by atoms with E-state index >= 15 is 0 Å². The lowest BCUT2D eigenvalue weighted by Crippen LogP contribution is -2.44. The van der Waals surface area contributed by atoms with Gasteiger partial charge in [-0.2, -0.15) is 11.8 Å². The van der Waals surface area contributed by atoms with E-state index in [9.17, 15) is 9.59 Å². The summed E-state index contributed by atoms with van der Waals surface area (Å²) < 4.78 is 5.35. The Morgan fingerprint density at radius 2 is 2.04 bits per heavy atom. The summed E-state index contributed by atoms with van der Waals surface area (Å²) in [5.41, 5.74) is 2.16. The van der Waals surface area contributed by atoms with Gasteiger partial charge in [-0.25, -0.2) is 0 Å². The molecule has 1 fully saturated rings. The van der Waals surface area contributed by atoms with Crippen LogP contribution in [0.4, 0.5) is 0 Å². The molecule has 1 aromatic carbocycles. The molecule has 2 atom stereocenters. The van der Waals surface area contributed by atoms with Crippen LogP contribution in [0.25, 0.3) is 0 Å². The van der Waals surface area contributed by atoms with E-state index in [1.807, 2.05) is 47.0 Å². The average molecular weight is 359 g/mol. The lowest BCUT2D eigenvalue weighted by molar-refractivity contribution is -0.136. The zero-order valence-corrected chi connectivity index (χ0v) is 15.1. The molecule has 2 heterocycles. The molecule has 1 aromatic heterocycles. The lowest BCUT2D eigenvalue weighted by atomic mass is 10.00. The molecule has 0 saturated carbocycles. The van der Waals surface area contributed by atoms with Crippen LogP contribution >= 0.6 is 11.8 Å². The average Bonchev–Trinajstić information content (AvgIpc) is 2.94.